The molecule has 1 saturated heterocycles. The van der Waals surface area contributed by atoms with Crippen molar-refractivity contribution in [1.29, 1.82) is 0 Å². The Morgan fingerprint density at radius 3 is 2.48 bits per heavy atom. The molecule has 2 N–H and O–H groups in total. The van der Waals surface area contributed by atoms with Crippen LogP contribution in [0.4, 0.5) is 10.1 Å². The van der Waals surface area contributed by atoms with Crippen LogP contribution in [0.1, 0.15) is 24.0 Å². The number of hydrogen-bond donors (Lipinski definition) is 2. The summed E-state index contributed by atoms with van der Waals surface area (Å²) in [7, 11) is 0. The third kappa shape index (κ3) is 4.27. The van der Waals surface area contributed by atoms with Gasteiger partial charge in [-0.1, -0.05) is 6.07 Å². The first-order valence-corrected chi connectivity index (χ1v) is 8.03. The second-order valence-electron chi connectivity index (χ2n) is 5.96. The normalized spacial score (nSPS) is 15.8. The third-order valence-corrected chi connectivity index (χ3v) is 4.22. The molecule has 1 aromatic heterocycles. The fourth-order valence-corrected chi connectivity index (χ4v) is 2.88. The summed E-state index contributed by atoms with van der Waals surface area (Å²) in [6.07, 6.45) is 4.69. The van der Waals surface area contributed by atoms with Gasteiger partial charge in [0.05, 0.1) is 11.8 Å². The zero-order valence-corrected chi connectivity index (χ0v) is 13.1. The predicted molar refractivity (Wildman–Crippen MR) is 88.6 cm³/mol. The van der Waals surface area contributed by atoms with Gasteiger partial charge in [0.2, 0.25) is 0 Å². The van der Waals surface area contributed by atoms with Gasteiger partial charge in [-0.05, 0) is 48.2 Å². The smallest absolute Gasteiger partial charge is 0.146 e. The third-order valence-electron chi connectivity index (χ3n) is 4.22. The van der Waals surface area contributed by atoms with Crippen LogP contribution in [0, 0.1) is 5.82 Å². The number of anilines is 1. The topological polar surface area (TPSA) is 48.4 Å². The zero-order valence-electron chi connectivity index (χ0n) is 13.1. The number of aliphatic hydroxyl groups excluding tert-OH is 1. The Hall–Kier alpha value is -1.98. The minimum atomic E-state index is -0.244. The van der Waals surface area contributed by atoms with E-state index < -0.39 is 0 Å². The van der Waals surface area contributed by atoms with E-state index in [0.717, 1.165) is 17.7 Å². The molecule has 0 radical (unpaired) electrons. The van der Waals surface area contributed by atoms with Gasteiger partial charge in [-0.2, -0.15) is 0 Å². The van der Waals surface area contributed by atoms with Crippen LogP contribution in [0.2, 0.25) is 0 Å². The molecule has 0 unspecified atom stereocenters. The summed E-state index contributed by atoms with van der Waals surface area (Å²) in [5.74, 6) is -0.190. The zero-order chi connectivity index (χ0) is 16.1. The average molecular weight is 315 g/mol. The van der Waals surface area contributed by atoms with Crippen molar-refractivity contribution in [2.24, 2.45) is 0 Å². The molecule has 0 saturated carbocycles. The van der Waals surface area contributed by atoms with Crippen molar-refractivity contribution in [3.8, 4) is 0 Å². The van der Waals surface area contributed by atoms with E-state index in [2.05, 4.69) is 10.3 Å². The van der Waals surface area contributed by atoms with Crippen LogP contribution in [0.15, 0.2) is 42.7 Å². The number of aromatic nitrogens is 1. The molecule has 23 heavy (non-hydrogen) atoms. The van der Waals surface area contributed by atoms with Crippen LogP contribution in [0.5, 0.6) is 0 Å². The molecule has 0 spiro atoms. The Kier molecular flexibility index (Phi) is 5.20. The number of aliphatic hydroxyl groups is 1. The number of nitrogens with zero attached hydrogens (tertiary/aromatic N) is 2. The molecular formula is C18H22FN3O. The highest BCUT2D eigenvalue weighted by atomic mass is 19.1. The lowest BCUT2D eigenvalue weighted by atomic mass is 10.1. The van der Waals surface area contributed by atoms with Gasteiger partial charge in [-0.25, -0.2) is 4.39 Å². The van der Waals surface area contributed by atoms with Gasteiger partial charge >= 0.3 is 0 Å². The van der Waals surface area contributed by atoms with E-state index in [0.29, 0.717) is 38.2 Å². The van der Waals surface area contributed by atoms with Crippen LogP contribution in [0.25, 0.3) is 0 Å². The largest absolute Gasteiger partial charge is 0.393 e. The quantitative estimate of drug-likeness (QED) is 0.890. The predicted octanol–water partition coefficient (Wildman–Crippen LogP) is 2.47. The number of piperidine rings is 1. The molecule has 122 valence electrons. The molecule has 1 fully saturated rings. The molecule has 1 aliphatic rings. The van der Waals surface area contributed by atoms with E-state index in [1.165, 1.54) is 0 Å². The lowest BCUT2D eigenvalue weighted by molar-refractivity contribution is 0.145. The number of benzene rings is 1. The Balaban J connectivity index is 1.56. The number of halogens is 1. The summed E-state index contributed by atoms with van der Waals surface area (Å²) in [6, 6.07) is 9.32. The van der Waals surface area contributed by atoms with Crippen molar-refractivity contribution in [3.63, 3.8) is 0 Å². The van der Waals surface area contributed by atoms with E-state index in [9.17, 15) is 9.50 Å². The molecule has 0 atom stereocenters. The summed E-state index contributed by atoms with van der Waals surface area (Å²) in [4.78, 5) is 5.99. The van der Waals surface area contributed by atoms with Gasteiger partial charge in [0.15, 0.2) is 0 Å². The Morgan fingerprint density at radius 2 is 1.78 bits per heavy atom. The van der Waals surface area contributed by atoms with Crippen LogP contribution < -0.4 is 10.2 Å². The number of rotatable bonds is 5. The van der Waals surface area contributed by atoms with E-state index in [1.54, 1.807) is 18.5 Å². The van der Waals surface area contributed by atoms with Crippen LogP contribution in [-0.2, 0) is 13.1 Å². The summed E-state index contributed by atoms with van der Waals surface area (Å²) < 4.78 is 14.3. The monoisotopic (exact) mass is 315 g/mol. The van der Waals surface area contributed by atoms with E-state index in [-0.39, 0.29) is 11.9 Å². The molecule has 0 bridgehead atoms. The van der Waals surface area contributed by atoms with Crippen molar-refractivity contribution in [3.05, 3.63) is 59.7 Å². The van der Waals surface area contributed by atoms with E-state index in [1.807, 2.05) is 29.2 Å². The Labute approximate surface area is 136 Å². The highest BCUT2D eigenvalue weighted by Crippen LogP contribution is 2.24. The Morgan fingerprint density at radius 1 is 1.09 bits per heavy atom. The van der Waals surface area contributed by atoms with Crippen molar-refractivity contribution in [2.45, 2.75) is 32.0 Å². The van der Waals surface area contributed by atoms with Gasteiger partial charge in [0.1, 0.15) is 5.82 Å². The van der Waals surface area contributed by atoms with Gasteiger partial charge < -0.3 is 15.3 Å². The van der Waals surface area contributed by atoms with Gasteiger partial charge in [-0.3, -0.25) is 4.98 Å². The molecule has 4 nitrogen and oxygen atoms in total. The average Bonchev–Trinajstić information content (AvgIpc) is 2.57. The van der Waals surface area contributed by atoms with Crippen molar-refractivity contribution >= 4 is 5.69 Å². The maximum Gasteiger partial charge on any atom is 0.146 e. The lowest BCUT2D eigenvalue weighted by Gasteiger charge is -2.31. The van der Waals surface area contributed by atoms with E-state index >= 15 is 0 Å². The second kappa shape index (κ2) is 7.53. The molecule has 1 aliphatic heterocycles. The number of nitrogens with one attached hydrogen (secondary N) is 1. The van der Waals surface area contributed by atoms with Gasteiger partial charge in [-0.15, -0.1) is 0 Å². The Bertz CT molecular complexity index is 627. The standard InChI is InChI=1S/C18H22FN3O/c19-17-11-15(13-21-12-14-3-7-20-8-4-14)1-2-18(17)22-9-5-16(23)6-10-22/h1-4,7-8,11,16,21,23H,5-6,9-10,12-13H2. The van der Waals surface area contributed by atoms with Gasteiger partial charge in [0, 0.05) is 38.6 Å². The van der Waals surface area contributed by atoms with Crippen LogP contribution in [-0.4, -0.2) is 29.3 Å². The van der Waals surface area contributed by atoms with Gasteiger partial charge in [0.25, 0.3) is 0 Å². The summed E-state index contributed by atoms with van der Waals surface area (Å²) in [6.45, 7) is 2.77. The molecule has 0 amide bonds. The first kappa shape index (κ1) is 15.9. The van der Waals surface area contributed by atoms with E-state index in [4.69, 9.17) is 0 Å². The fraction of sp³-hybridized carbons (Fsp3) is 0.389. The number of hydrogen-bond acceptors (Lipinski definition) is 4. The first-order valence-electron chi connectivity index (χ1n) is 8.03. The summed E-state index contributed by atoms with van der Waals surface area (Å²) in [5.41, 5.74) is 2.72. The highest BCUT2D eigenvalue weighted by Gasteiger charge is 2.19. The molecular weight excluding hydrogens is 293 g/mol. The SMILES string of the molecule is OC1CCN(c2ccc(CNCc3ccncc3)cc2F)CC1. The molecule has 0 aliphatic carbocycles. The second-order valence-corrected chi connectivity index (χ2v) is 5.96. The highest BCUT2D eigenvalue weighted by molar-refractivity contribution is 5.49. The molecule has 2 heterocycles. The minimum absolute atomic E-state index is 0.190. The molecule has 2 aromatic rings. The minimum Gasteiger partial charge on any atom is -0.393 e. The maximum atomic E-state index is 14.3. The summed E-state index contributed by atoms with van der Waals surface area (Å²) >= 11 is 0. The van der Waals surface area contributed by atoms with Crippen molar-refractivity contribution in [1.82, 2.24) is 10.3 Å². The fourth-order valence-electron chi connectivity index (χ4n) is 2.88. The first-order chi connectivity index (χ1) is 11.2. The molecule has 5 heteroatoms. The molecule has 3 rings (SSSR count). The van der Waals surface area contributed by atoms with Crippen LogP contribution >= 0.6 is 0 Å². The summed E-state index contributed by atoms with van der Waals surface area (Å²) in [5, 5.41) is 12.9. The van der Waals surface area contributed by atoms with Crippen LogP contribution in [0.3, 0.4) is 0 Å². The van der Waals surface area contributed by atoms with Crippen molar-refractivity contribution in [2.75, 3.05) is 18.0 Å². The number of pyridine rings is 1. The molecule has 1 aromatic carbocycles. The maximum absolute atomic E-state index is 14.3. The van der Waals surface area contributed by atoms with Crippen molar-refractivity contribution < 1.29 is 9.50 Å². The lowest BCUT2D eigenvalue weighted by Crippen LogP contribution is -2.36.